The lowest BCUT2D eigenvalue weighted by Crippen LogP contribution is -2.49. The van der Waals surface area contributed by atoms with Gasteiger partial charge in [-0.2, -0.15) is 13.2 Å². The minimum atomic E-state index is -4.47. The van der Waals surface area contributed by atoms with Gasteiger partial charge in [0.1, 0.15) is 5.75 Å². The van der Waals surface area contributed by atoms with Crippen molar-refractivity contribution in [3.63, 3.8) is 0 Å². The number of alkyl halides is 3. The largest absolute Gasteiger partial charge is 0.490 e. The van der Waals surface area contributed by atoms with E-state index in [4.69, 9.17) is 9.47 Å². The number of aliphatic hydroxyl groups is 1. The van der Waals surface area contributed by atoms with E-state index in [0.717, 1.165) is 12.8 Å². The highest BCUT2D eigenvalue weighted by Gasteiger charge is 2.31. The molecule has 43 heavy (non-hydrogen) atoms. The van der Waals surface area contributed by atoms with Gasteiger partial charge in [0.05, 0.1) is 36.8 Å². The molecule has 1 aliphatic heterocycles. The Balaban J connectivity index is 2.42. The van der Waals surface area contributed by atoms with Gasteiger partial charge in [0.2, 0.25) is 5.91 Å². The van der Waals surface area contributed by atoms with E-state index in [0.29, 0.717) is 13.0 Å². The lowest BCUT2D eigenvalue weighted by Gasteiger charge is -2.36. The number of nitrogens with zero attached hydrogens (tertiary/aromatic N) is 2. The molecule has 0 bridgehead atoms. The highest BCUT2D eigenvalue weighted by atomic mass is 19.4. The number of carbonyl (C=O) groups excluding carboxylic acids is 3. The molecule has 0 spiro atoms. The SMILES string of the molecule is CC(C)NC(=O)N(C)C[C@@H]1OCCCC[C@@H](C)Oc2ccc(NC(=O)CCC(F)(F)F)cc2C(=O)N([C@@H](C)CO)C[C@@H]1C. The average Bonchev–Trinajstić information content (AvgIpc) is 2.92. The van der Waals surface area contributed by atoms with Gasteiger partial charge in [-0.05, 0) is 65.2 Å². The summed E-state index contributed by atoms with van der Waals surface area (Å²) < 4.78 is 50.2. The fourth-order valence-electron chi connectivity index (χ4n) is 4.65. The van der Waals surface area contributed by atoms with Crippen LogP contribution in [0.4, 0.5) is 23.7 Å². The van der Waals surface area contributed by atoms with Crippen LogP contribution in [-0.4, -0.2) is 96.6 Å². The first-order chi connectivity index (χ1) is 20.1. The lowest BCUT2D eigenvalue weighted by molar-refractivity contribution is -0.142. The zero-order chi connectivity index (χ0) is 32.3. The molecule has 3 N–H and O–H groups in total. The molecular weight excluding hydrogens is 569 g/mol. The average molecular weight is 617 g/mol. The van der Waals surface area contributed by atoms with Crippen LogP contribution >= 0.6 is 0 Å². The van der Waals surface area contributed by atoms with E-state index in [1.54, 1.807) is 18.9 Å². The second-order valence-electron chi connectivity index (χ2n) is 11.7. The van der Waals surface area contributed by atoms with Gasteiger partial charge in [-0.15, -0.1) is 0 Å². The summed E-state index contributed by atoms with van der Waals surface area (Å²) >= 11 is 0. The Morgan fingerprint density at radius 3 is 2.51 bits per heavy atom. The van der Waals surface area contributed by atoms with Crippen molar-refractivity contribution >= 4 is 23.5 Å². The summed E-state index contributed by atoms with van der Waals surface area (Å²) in [6.45, 7) is 9.78. The number of urea groups is 1. The summed E-state index contributed by atoms with van der Waals surface area (Å²) in [5.41, 5.74) is 0.260. The first-order valence-electron chi connectivity index (χ1n) is 14.8. The predicted molar refractivity (Wildman–Crippen MR) is 157 cm³/mol. The van der Waals surface area contributed by atoms with E-state index in [9.17, 15) is 32.7 Å². The topological polar surface area (TPSA) is 120 Å². The second kappa shape index (κ2) is 16.7. The molecule has 1 aliphatic rings. The number of fused-ring (bicyclic) bond motifs is 1. The highest BCUT2D eigenvalue weighted by Crippen LogP contribution is 2.29. The van der Waals surface area contributed by atoms with E-state index in [1.165, 1.54) is 23.1 Å². The molecular formula is C30H47F3N4O6. The van der Waals surface area contributed by atoms with E-state index in [2.05, 4.69) is 10.6 Å². The van der Waals surface area contributed by atoms with Crippen LogP contribution in [-0.2, 0) is 9.53 Å². The molecule has 0 fully saturated rings. The van der Waals surface area contributed by atoms with Gasteiger partial charge in [-0.25, -0.2) is 4.79 Å². The fraction of sp³-hybridized carbons (Fsp3) is 0.700. The van der Waals surface area contributed by atoms with E-state index >= 15 is 0 Å². The van der Waals surface area contributed by atoms with Gasteiger partial charge in [-0.3, -0.25) is 9.59 Å². The van der Waals surface area contributed by atoms with Crippen LogP contribution in [0, 0.1) is 5.92 Å². The van der Waals surface area contributed by atoms with Crippen LogP contribution in [0.3, 0.4) is 0 Å². The number of likely N-dealkylation sites (N-methyl/N-ethyl adjacent to an activating group) is 1. The molecule has 0 unspecified atom stereocenters. The summed E-state index contributed by atoms with van der Waals surface area (Å²) in [4.78, 5) is 41.9. The van der Waals surface area contributed by atoms with Crippen molar-refractivity contribution in [1.82, 2.24) is 15.1 Å². The Labute approximate surface area is 252 Å². The normalized spacial score (nSPS) is 21.3. The number of rotatable bonds is 8. The number of amides is 4. The number of aliphatic hydroxyl groups excluding tert-OH is 1. The zero-order valence-electron chi connectivity index (χ0n) is 26.0. The zero-order valence-corrected chi connectivity index (χ0v) is 26.0. The van der Waals surface area contributed by atoms with Crippen LogP contribution in [0.15, 0.2) is 18.2 Å². The molecule has 0 aromatic heterocycles. The van der Waals surface area contributed by atoms with Gasteiger partial charge in [-0.1, -0.05) is 6.92 Å². The first kappa shape index (κ1) is 36.1. The monoisotopic (exact) mass is 616 g/mol. The molecule has 0 radical (unpaired) electrons. The summed E-state index contributed by atoms with van der Waals surface area (Å²) in [7, 11) is 1.68. The molecule has 0 saturated heterocycles. The maximum Gasteiger partial charge on any atom is 0.389 e. The van der Waals surface area contributed by atoms with Gasteiger partial charge in [0, 0.05) is 50.8 Å². The predicted octanol–water partition coefficient (Wildman–Crippen LogP) is 4.81. The number of nitrogens with one attached hydrogen (secondary N) is 2. The molecule has 1 aromatic carbocycles. The van der Waals surface area contributed by atoms with E-state index in [1.807, 2.05) is 27.7 Å². The summed E-state index contributed by atoms with van der Waals surface area (Å²) in [5, 5.41) is 15.4. The first-order valence-corrected chi connectivity index (χ1v) is 14.8. The van der Waals surface area contributed by atoms with Crippen LogP contribution < -0.4 is 15.4 Å². The molecule has 4 amide bonds. The molecule has 2 rings (SSSR count). The Bertz CT molecular complexity index is 1070. The Morgan fingerprint density at radius 2 is 1.88 bits per heavy atom. The van der Waals surface area contributed by atoms with Crippen molar-refractivity contribution < 1.29 is 42.1 Å². The molecule has 1 heterocycles. The third-order valence-electron chi connectivity index (χ3n) is 7.18. The Kier molecular flexibility index (Phi) is 14.0. The maximum absolute atomic E-state index is 14.1. The summed E-state index contributed by atoms with van der Waals surface area (Å²) in [6.07, 6.45) is -4.97. The molecule has 0 aliphatic carbocycles. The van der Waals surface area contributed by atoms with Crippen molar-refractivity contribution in [1.29, 1.82) is 0 Å². The van der Waals surface area contributed by atoms with Gasteiger partial charge < -0.3 is 35.0 Å². The third kappa shape index (κ3) is 12.2. The van der Waals surface area contributed by atoms with Crippen LogP contribution in [0.5, 0.6) is 5.75 Å². The number of anilines is 1. The summed E-state index contributed by atoms with van der Waals surface area (Å²) in [5.74, 6) is -1.31. The van der Waals surface area contributed by atoms with Gasteiger partial charge >= 0.3 is 12.2 Å². The van der Waals surface area contributed by atoms with Crippen molar-refractivity contribution in [2.24, 2.45) is 5.92 Å². The lowest BCUT2D eigenvalue weighted by atomic mass is 10.0. The highest BCUT2D eigenvalue weighted by molar-refractivity contribution is 5.99. The smallest absolute Gasteiger partial charge is 0.389 e. The third-order valence-corrected chi connectivity index (χ3v) is 7.18. The standard InChI is InChI=1S/C30H47F3N4O6/c1-19(2)34-29(41)36(6)17-26-20(3)16-37(21(4)18-38)28(40)24-15-23(35-27(39)12-13-30(31,32)33)10-11-25(24)43-22(5)9-7-8-14-42-26/h10-11,15,19-22,26,38H,7-9,12-14,16-18H2,1-6H3,(H,34,41)(H,35,39)/t20-,21-,22+,26-/m0/s1. The van der Waals surface area contributed by atoms with Crippen molar-refractivity contribution in [2.75, 3.05) is 38.7 Å². The molecule has 0 saturated carbocycles. The van der Waals surface area contributed by atoms with Crippen molar-refractivity contribution in [3.05, 3.63) is 23.8 Å². The Morgan fingerprint density at radius 1 is 1.19 bits per heavy atom. The van der Waals surface area contributed by atoms with E-state index in [-0.39, 0.29) is 60.8 Å². The van der Waals surface area contributed by atoms with Crippen LogP contribution in [0.25, 0.3) is 0 Å². The number of ether oxygens (including phenoxy) is 2. The van der Waals surface area contributed by atoms with Crippen LogP contribution in [0.1, 0.15) is 77.1 Å². The quantitative estimate of drug-likeness (QED) is 0.386. The molecule has 1 aromatic rings. The minimum absolute atomic E-state index is 0.0422. The Hall–Kier alpha value is -3.06. The number of carbonyl (C=O) groups is 3. The second-order valence-corrected chi connectivity index (χ2v) is 11.7. The number of hydrogen-bond acceptors (Lipinski definition) is 6. The fourth-order valence-corrected chi connectivity index (χ4v) is 4.65. The number of halogens is 3. The van der Waals surface area contributed by atoms with Gasteiger partial charge in [0.15, 0.2) is 0 Å². The number of benzene rings is 1. The summed E-state index contributed by atoms with van der Waals surface area (Å²) in [6, 6.07) is 3.50. The van der Waals surface area contributed by atoms with Crippen molar-refractivity contribution in [2.45, 2.75) is 97.2 Å². The maximum atomic E-state index is 14.1. The molecule has 4 atom stereocenters. The molecule has 244 valence electrons. The van der Waals surface area contributed by atoms with Gasteiger partial charge in [0.25, 0.3) is 5.91 Å². The minimum Gasteiger partial charge on any atom is -0.490 e. The molecule has 13 heteroatoms. The van der Waals surface area contributed by atoms with Crippen LogP contribution in [0.2, 0.25) is 0 Å². The number of hydrogen-bond donors (Lipinski definition) is 3. The van der Waals surface area contributed by atoms with E-state index < -0.39 is 43.0 Å². The van der Waals surface area contributed by atoms with Crippen molar-refractivity contribution in [3.8, 4) is 5.75 Å². The molecule has 10 nitrogen and oxygen atoms in total.